The van der Waals surface area contributed by atoms with Gasteiger partial charge in [-0.2, -0.15) is 0 Å². The summed E-state index contributed by atoms with van der Waals surface area (Å²) in [6.07, 6.45) is 3.72. The summed E-state index contributed by atoms with van der Waals surface area (Å²) in [4.78, 5) is 0. The van der Waals surface area contributed by atoms with Crippen LogP contribution in [0.1, 0.15) is 243 Å². The molecule has 0 aliphatic heterocycles. The van der Waals surface area contributed by atoms with Gasteiger partial charge >= 0.3 is 0 Å². The number of phenolic OH excluding ortho intramolecular Hbond substituents is 2. The van der Waals surface area contributed by atoms with Gasteiger partial charge in [0.2, 0.25) is 0 Å². The Morgan fingerprint density at radius 1 is 0.191 bits per heavy atom. The maximum Gasteiger partial charge on any atom is 0.126 e. The second kappa shape index (κ2) is 60.6. The van der Waals surface area contributed by atoms with Crippen LogP contribution in [0.2, 0.25) is 0 Å². The molecule has 0 unspecified atom stereocenters. The van der Waals surface area contributed by atoms with E-state index in [0.717, 1.165) is 91.1 Å². The van der Waals surface area contributed by atoms with Gasteiger partial charge in [-0.25, -0.2) is 0 Å². The van der Waals surface area contributed by atoms with Crippen LogP contribution in [0.25, 0.3) is 0 Å². The molecule has 7 rings (SSSR count). The molecule has 8 bridgehead atoms. The molecular weight excluding hydrogens is 1730 g/mol. The van der Waals surface area contributed by atoms with Gasteiger partial charge in [0.25, 0.3) is 0 Å². The average molecular weight is 1910 g/mol. The van der Waals surface area contributed by atoms with Crippen LogP contribution in [0.5, 0.6) is 34.5 Å². The van der Waals surface area contributed by atoms with Gasteiger partial charge in [0.15, 0.2) is 0 Å². The monoisotopic (exact) mass is 1910 g/mol. The standard InChI is InChI=1S/C112H176O24/c1-23-109(15,16)111(19,20)93-25-29-99(30-26-93)133-69-65-129-61-57-125-53-49-121-45-41-117-37-33-115-35-39-119-43-47-123-51-55-127-59-63-131-67-71-135-103-89-73-85-77-95(105(3,4)5)79-87(101(85)113)75-91-83-98(108(12,13)14)84-92(76-88-80-96(106(6,7)8)78-86(102(88)114)74-90(103)82-97(81-89)107(9,10)11)104(91)136-72-68-132-64-60-128-56-52-124-48-44-120-40-36-116-34-38-118-42-46-122-50-54-126-58-62-130-66-70-134-100-31-27-94(28-32-100)112(21,22)110(17,18)24-2/h25-32,77-84,113-114H,23-24,33-76H2,1-22H3. The first kappa shape index (κ1) is 116. The maximum atomic E-state index is 12.9. The van der Waals surface area contributed by atoms with Crippen molar-refractivity contribution in [2.45, 2.75) is 223 Å². The first-order chi connectivity index (χ1) is 64.9. The van der Waals surface area contributed by atoms with Gasteiger partial charge < -0.3 is 114 Å². The highest BCUT2D eigenvalue weighted by molar-refractivity contribution is 5.60. The molecule has 0 radical (unpaired) electrons. The molecule has 6 aromatic rings. The Balaban J connectivity index is 0.772. The van der Waals surface area contributed by atoms with E-state index in [9.17, 15) is 10.2 Å². The quantitative estimate of drug-likeness (QED) is 0.0337. The average Bonchev–Trinajstić information content (AvgIpc) is 0.793. The Morgan fingerprint density at radius 2 is 0.338 bits per heavy atom. The number of fused-ring (bicyclic) bond motifs is 8. The lowest BCUT2D eigenvalue weighted by Crippen LogP contribution is -2.35. The van der Waals surface area contributed by atoms with E-state index in [4.69, 9.17) is 104 Å². The second-order valence-electron chi connectivity index (χ2n) is 41.4. The summed E-state index contributed by atoms with van der Waals surface area (Å²) in [6, 6.07) is 34.5. The Kier molecular flexibility index (Phi) is 51.9. The molecule has 768 valence electrons. The third-order valence-corrected chi connectivity index (χ3v) is 26.2. The minimum atomic E-state index is -0.272. The van der Waals surface area contributed by atoms with E-state index in [1.807, 2.05) is 24.3 Å². The van der Waals surface area contributed by atoms with Crippen molar-refractivity contribution in [3.05, 3.63) is 175 Å². The van der Waals surface area contributed by atoms with Crippen molar-refractivity contribution in [2.24, 2.45) is 10.8 Å². The first-order valence-corrected chi connectivity index (χ1v) is 50.0. The molecule has 0 spiro atoms. The van der Waals surface area contributed by atoms with Crippen LogP contribution < -0.4 is 18.9 Å². The van der Waals surface area contributed by atoms with Crippen LogP contribution in [0.15, 0.2) is 97.1 Å². The van der Waals surface area contributed by atoms with Crippen molar-refractivity contribution in [1.82, 2.24) is 0 Å². The zero-order chi connectivity index (χ0) is 98.9. The molecule has 0 aromatic heterocycles. The highest BCUT2D eigenvalue weighted by Crippen LogP contribution is 2.48. The van der Waals surface area contributed by atoms with Crippen LogP contribution in [-0.2, 0) is 143 Å². The lowest BCUT2D eigenvalue weighted by molar-refractivity contribution is -0.0257. The van der Waals surface area contributed by atoms with Crippen LogP contribution >= 0.6 is 0 Å². The molecule has 1 aliphatic carbocycles. The Bertz CT molecular complexity index is 3900. The van der Waals surface area contributed by atoms with Gasteiger partial charge in [0.1, 0.15) is 60.9 Å². The minimum Gasteiger partial charge on any atom is -0.507 e. The lowest BCUT2D eigenvalue weighted by Gasteiger charge is -2.42. The Hall–Kier alpha value is -6.60. The maximum absolute atomic E-state index is 12.9. The van der Waals surface area contributed by atoms with Crippen molar-refractivity contribution in [2.75, 3.05) is 264 Å². The Morgan fingerprint density at radius 3 is 0.493 bits per heavy atom. The van der Waals surface area contributed by atoms with Gasteiger partial charge in [-0.15, -0.1) is 0 Å². The van der Waals surface area contributed by atoms with E-state index in [1.54, 1.807) is 0 Å². The molecule has 0 saturated carbocycles. The van der Waals surface area contributed by atoms with E-state index in [2.05, 4.69) is 225 Å². The Labute approximate surface area is 818 Å². The van der Waals surface area contributed by atoms with Gasteiger partial charge in [0, 0.05) is 25.7 Å². The predicted molar refractivity (Wildman–Crippen MR) is 539 cm³/mol. The van der Waals surface area contributed by atoms with E-state index in [1.165, 1.54) is 11.1 Å². The summed E-state index contributed by atoms with van der Waals surface area (Å²) in [5.41, 5.74) is 13.4. The molecule has 24 nitrogen and oxygen atoms in total. The van der Waals surface area contributed by atoms with Gasteiger partial charge in [-0.1, -0.05) is 238 Å². The number of ether oxygens (including phenoxy) is 22. The number of aromatic hydroxyl groups is 2. The summed E-state index contributed by atoms with van der Waals surface area (Å²) in [7, 11) is 0. The predicted octanol–water partition coefficient (Wildman–Crippen LogP) is 19.6. The lowest BCUT2D eigenvalue weighted by atomic mass is 9.63. The molecule has 2 N–H and O–H groups in total. The smallest absolute Gasteiger partial charge is 0.126 e. The van der Waals surface area contributed by atoms with Crippen LogP contribution in [0.4, 0.5) is 0 Å². The third kappa shape index (κ3) is 41.5. The third-order valence-electron chi connectivity index (χ3n) is 26.2. The molecule has 0 heterocycles. The molecule has 0 saturated heterocycles. The summed E-state index contributed by atoms with van der Waals surface area (Å²) in [5, 5.41) is 25.8. The van der Waals surface area contributed by atoms with E-state index < -0.39 is 0 Å². The molecule has 0 fully saturated rings. The number of benzene rings is 6. The SMILES string of the molecule is CCC(C)(C)C(C)(C)c1ccc(OCCOCCOCCOCCOCCOCCOCCOCCOCCOCCOc2c3cc(C(C)(C)C)cc2Cc2cc(C(C)(C)C)cc(c2O)Cc2cc(C(C)(C)C)cc(c2OCCOCCOCCOCCOCCOCCOCCOCCOCCOCCOc2ccc(C(C)(C)C(C)(C)CC)cc2)Cc2cc(C(C)(C)C)cc(c2O)C3)cc1. The van der Waals surface area contributed by atoms with E-state index >= 15 is 0 Å². The highest BCUT2D eigenvalue weighted by Gasteiger charge is 2.39. The highest BCUT2D eigenvalue weighted by atomic mass is 16.6. The van der Waals surface area contributed by atoms with Crippen LogP contribution in [0, 0.1) is 10.8 Å². The second-order valence-corrected chi connectivity index (χ2v) is 41.4. The molecule has 136 heavy (non-hydrogen) atoms. The minimum absolute atomic E-state index is 0.0607. The fourth-order valence-corrected chi connectivity index (χ4v) is 15.2. The van der Waals surface area contributed by atoms with Crippen LogP contribution in [0.3, 0.4) is 0 Å². The number of phenols is 2. The molecule has 0 atom stereocenters. The zero-order valence-corrected chi connectivity index (χ0v) is 87.6. The van der Waals surface area contributed by atoms with Gasteiger partial charge in [-0.05, 0) is 145 Å². The van der Waals surface area contributed by atoms with E-state index in [-0.39, 0.29) is 68.0 Å². The number of rotatable bonds is 70. The van der Waals surface area contributed by atoms with Crippen molar-refractivity contribution in [1.29, 1.82) is 0 Å². The number of hydrogen-bond acceptors (Lipinski definition) is 24. The summed E-state index contributed by atoms with van der Waals surface area (Å²) in [5.74, 6) is 3.57. The van der Waals surface area contributed by atoms with E-state index in [0.29, 0.717) is 288 Å². The molecule has 6 aromatic carbocycles. The van der Waals surface area contributed by atoms with Crippen LogP contribution in [-0.4, -0.2) is 274 Å². The fourth-order valence-electron chi connectivity index (χ4n) is 15.2. The molecule has 1 aliphatic rings. The summed E-state index contributed by atoms with van der Waals surface area (Å²) in [6.45, 7) is 67.1. The van der Waals surface area contributed by atoms with Crippen molar-refractivity contribution < 1.29 is 114 Å². The topological polar surface area (TPSA) is 244 Å². The van der Waals surface area contributed by atoms with Gasteiger partial charge in [0.05, 0.1) is 238 Å². The summed E-state index contributed by atoms with van der Waals surface area (Å²) < 4.78 is 129. The molecular formula is C112H176O24. The summed E-state index contributed by atoms with van der Waals surface area (Å²) >= 11 is 0. The van der Waals surface area contributed by atoms with Crippen molar-refractivity contribution in [3.63, 3.8) is 0 Å². The zero-order valence-electron chi connectivity index (χ0n) is 87.6. The molecule has 0 amide bonds. The fraction of sp³-hybridized carbons (Fsp3) is 0.679. The largest absolute Gasteiger partial charge is 0.507 e. The van der Waals surface area contributed by atoms with Gasteiger partial charge in [-0.3, -0.25) is 0 Å². The molecule has 24 heteroatoms. The normalized spacial score (nSPS) is 13.2. The first-order valence-electron chi connectivity index (χ1n) is 50.0. The van der Waals surface area contributed by atoms with Crippen molar-refractivity contribution >= 4 is 0 Å². The number of hydrogen-bond donors (Lipinski definition) is 2. The van der Waals surface area contributed by atoms with Crippen molar-refractivity contribution in [3.8, 4) is 34.5 Å².